The van der Waals surface area contributed by atoms with E-state index in [2.05, 4.69) is 11.0 Å². The zero-order valence-corrected chi connectivity index (χ0v) is 12.6. The number of hydrogen-bond acceptors (Lipinski definition) is 5. The van der Waals surface area contributed by atoms with Gasteiger partial charge < -0.3 is 18.9 Å². The van der Waals surface area contributed by atoms with Gasteiger partial charge in [0.1, 0.15) is 6.61 Å². The van der Waals surface area contributed by atoms with Gasteiger partial charge >= 0.3 is 0 Å². The van der Waals surface area contributed by atoms with Crippen LogP contribution in [0.1, 0.15) is 5.69 Å². The maximum absolute atomic E-state index is 5.45. The molecule has 0 bridgehead atoms. The van der Waals surface area contributed by atoms with Crippen molar-refractivity contribution in [2.75, 3.05) is 52.9 Å². The number of hydrogen-bond donors (Lipinski definition) is 0. The molecular formula is C15H24N2O4. The molecule has 0 amide bonds. The van der Waals surface area contributed by atoms with Gasteiger partial charge in [0.15, 0.2) is 0 Å². The molecule has 0 saturated carbocycles. The Bertz CT molecular complexity index is 401. The first-order valence-corrected chi connectivity index (χ1v) is 7.07. The first kappa shape index (κ1) is 17.7. The van der Waals surface area contributed by atoms with E-state index in [9.17, 15) is 0 Å². The molecule has 1 heterocycles. The van der Waals surface area contributed by atoms with Gasteiger partial charge in [-0.15, -0.1) is 6.42 Å². The van der Waals surface area contributed by atoms with Gasteiger partial charge in [0.05, 0.1) is 58.5 Å². The average Bonchev–Trinajstić information content (AvgIpc) is 2.89. The summed E-state index contributed by atoms with van der Waals surface area (Å²) in [7, 11) is 0. The van der Waals surface area contributed by atoms with E-state index in [0.29, 0.717) is 52.9 Å². The van der Waals surface area contributed by atoms with Crippen LogP contribution < -0.4 is 0 Å². The molecule has 0 fully saturated rings. The summed E-state index contributed by atoms with van der Waals surface area (Å²) in [5, 5.41) is 4.27. The van der Waals surface area contributed by atoms with Gasteiger partial charge in [-0.2, -0.15) is 5.10 Å². The van der Waals surface area contributed by atoms with Gasteiger partial charge in [-0.3, -0.25) is 4.68 Å². The lowest BCUT2D eigenvalue weighted by Crippen LogP contribution is -2.13. The molecule has 1 rings (SSSR count). The van der Waals surface area contributed by atoms with E-state index in [4.69, 9.17) is 25.4 Å². The molecule has 0 aliphatic carbocycles. The minimum Gasteiger partial charge on any atom is -0.377 e. The monoisotopic (exact) mass is 296 g/mol. The van der Waals surface area contributed by atoms with Crippen LogP contribution in [0.4, 0.5) is 0 Å². The van der Waals surface area contributed by atoms with Crippen LogP contribution >= 0.6 is 0 Å². The van der Waals surface area contributed by atoms with E-state index < -0.39 is 0 Å². The van der Waals surface area contributed by atoms with E-state index in [1.807, 2.05) is 23.9 Å². The van der Waals surface area contributed by atoms with Crippen molar-refractivity contribution in [1.29, 1.82) is 0 Å². The molecule has 0 aliphatic heterocycles. The van der Waals surface area contributed by atoms with Crippen molar-refractivity contribution in [2.24, 2.45) is 0 Å². The third kappa shape index (κ3) is 10.0. The molecule has 0 aromatic carbocycles. The van der Waals surface area contributed by atoms with Crippen LogP contribution in [0.2, 0.25) is 0 Å². The Hall–Kier alpha value is -1.39. The minimum absolute atomic E-state index is 0.329. The summed E-state index contributed by atoms with van der Waals surface area (Å²) in [6.45, 7) is 6.97. The van der Waals surface area contributed by atoms with Crippen molar-refractivity contribution in [3.8, 4) is 12.3 Å². The number of ether oxygens (including phenoxy) is 4. The van der Waals surface area contributed by atoms with Gasteiger partial charge in [0.25, 0.3) is 0 Å². The Labute approximate surface area is 126 Å². The second-order valence-electron chi connectivity index (χ2n) is 4.31. The Morgan fingerprint density at radius 1 is 1.00 bits per heavy atom. The van der Waals surface area contributed by atoms with E-state index in [-0.39, 0.29) is 0 Å². The topological polar surface area (TPSA) is 54.7 Å². The Morgan fingerprint density at radius 2 is 1.57 bits per heavy atom. The predicted octanol–water partition coefficient (Wildman–Crippen LogP) is 0.891. The predicted molar refractivity (Wildman–Crippen MR) is 79.1 cm³/mol. The molecule has 1 aromatic heterocycles. The molecule has 0 radical (unpaired) electrons. The molecule has 0 saturated heterocycles. The summed E-state index contributed by atoms with van der Waals surface area (Å²) in [5.41, 5.74) is 1.02. The first-order chi connectivity index (χ1) is 10.3. The number of aryl methyl sites for hydroxylation is 1. The highest BCUT2D eigenvalue weighted by molar-refractivity contribution is 4.94. The molecular weight excluding hydrogens is 272 g/mol. The van der Waals surface area contributed by atoms with Gasteiger partial charge in [0, 0.05) is 6.20 Å². The molecule has 0 spiro atoms. The van der Waals surface area contributed by atoms with E-state index in [0.717, 1.165) is 12.2 Å². The summed E-state index contributed by atoms with van der Waals surface area (Å²) in [5.74, 6) is 2.39. The normalized spacial score (nSPS) is 10.7. The minimum atomic E-state index is 0.329. The largest absolute Gasteiger partial charge is 0.377 e. The van der Waals surface area contributed by atoms with Crippen LogP contribution in [-0.4, -0.2) is 62.6 Å². The molecule has 118 valence electrons. The highest BCUT2D eigenvalue weighted by atomic mass is 16.6. The zero-order chi connectivity index (χ0) is 15.2. The average molecular weight is 296 g/mol. The molecule has 21 heavy (non-hydrogen) atoms. The van der Waals surface area contributed by atoms with Gasteiger partial charge in [0.2, 0.25) is 0 Å². The number of aromatic nitrogens is 2. The quantitative estimate of drug-likeness (QED) is 0.400. The van der Waals surface area contributed by atoms with Crippen LogP contribution in [0.25, 0.3) is 0 Å². The number of nitrogens with zero attached hydrogens (tertiary/aromatic N) is 2. The lowest BCUT2D eigenvalue weighted by Gasteiger charge is -2.07. The third-order valence-corrected chi connectivity index (χ3v) is 2.54. The van der Waals surface area contributed by atoms with Gasteiger partial charge in [-0.25, -0.2) is 0 Å². The summed E-state index contributed by atoms with van der Waals surface area (Å²) >= 11 is 0. The Kier molecular flexibility index (Phi) is 10.4. The van der Waals surface area contributed by atoms with Crippen LogP contribution in [-0.2, 0) is 25.5 Å². The lowest BCUT2D eigenvalue weighted by atomic mass is 10.5. The van der Waals surface area contributed by atoms with Gasteiger partial charge in [-0.05, 0) is 13.0 Å². The van der Waals surface area contributed by atoms with Crippen LogP contribution in [0, 0.1) is 19.3 Å². The number of terminal acetylenes is 1. The van der Waals surface area contributed by atoms with Gasteiger partial charge in [-0.1, -0.05) is 5.92 Å². The van der Waals surface area contributed by atoms with Crippen LogP contribution in [0.15, 0.2) is 12.3 Å². The molecule has 6 nitrogen and oxygen atoms in total. The second kappa shape index (κ2) is 12.4. The van der Waals surface area contributed by atoms with E-state index in [1.54, 1.807) is 0 Å². The standard InChI is InChI=1S/C15H24N2O4/c1-3-7-18-9-11-20-13-14-21-12-10-19-8-6-17-5-4-15(2)16-17/h1,4-5H,6-14H2,2H3. The summed E-state index contributed by atoms with van der Waals surface area (Å²) in [4.78, 5) is 0. The fourth-order valence-electron chi connectivity index (χ4n) is 1.54. The van der Waals surface area contributed by atoms with Crippen molar-refractivity contribution in [3.05, 3.63) is 18.0 Å². The van der Waals surface area contributed by atoms with Crippen molar-refractivity contribution >= 4 is 0 Å². The van der Waals surface area contributed by atoms with Crippen molar-refractivity contribution < 1.29 is 18.9 Å². The van der Waals surface area contributed by atoms with E-state index >= 15 is 0 Å². The van der Waals surface area contributed by atoms with E-state index in [1.165, 1.54) is 0 Å². The molecule has 0 aliphatic rings. The fraction of sp³-hybridized carbons (Fsp3) is 0.667. The summed E-state index contributed by atoms with van der Waals surface area (Å²) in [6, 6.07) is 1.97. The fourth-order valence-corrected chi connectivity index (χ4v) is 1.54. The Morgan fingerprint density at radius 3 is 2.10 bits per heavy atom. The lowest BCUT2D eigenvalue weighted by molar-refractivity contribution is 0.000229. The highest BCUT2D eigenvalue weighted by Crippen LogP contribution is 1.92. The smallest absolute Gasteiger partial charge is 0.107 e. The maximum atomic E-state index is 5.45. The molecule has 0 N–H and O–H groups in total. The molecule has 6 heteroatoms. The van der Waals surface area contributed by atoms with Crippen LogP contribution in [0.3, 0.4) is 0 Å². The maximum Gasteiger partial charge on any atom is 0.107 e. The summed E-state index contributed by atoms with van der Waals surface area (Å²) in [6.07, 6.45) is 6.98. The first-order valence-electron chi connectivity index (χ1n) is 7.07. The van der Waals surface area contributed by atoms with Crippen molar-refractivity contribution in [2.45, 2.75) is 13.5 Å². The highest BCUT2D eigenvalue weighted by Gasteiger charge is 1.95. The molecule has 0 atom stereocenters. The molecule has 0 unspecified atom stereocenters. The van der Waals surface area contributed by atoms with Crippen molar-refractivity contribution in [1.82, 2.24) is 9.78 Å². The van der Waals surface area contributed by atoms with Crippen LogP contribution in [0.5, 0.6) is 0 Å². The second-order valence-corrected chi connectivity index (χ2v) is 4.31. The zero-order valence-electron chi connectivity index (χ0n) is 12.6. The Balaban J connectivity index is 1.76. The SMILES string of the molecule is C#CCOCCOCCOCCOCCn1ccc(C)n1. The third-order valence-electron chi connectivity index (χ3n) is 2.54. The summed E-state index contributed by atoms with van der Waals surface area (Å²) < 4.78 is 23.1. The molecule has 1 aromatic rings. The number of rotatable bonds is 13. The van der Waals surface area contributed by atoms with Crippen molar-refractivity contribution in [3.63, 3.8) is 0 Å².